The number of nitrogens with one attached hydrogen (secondary N) is 1. The molecule has 3 N–H and O–H groups in total. The van der Waals surface area contributed by atoms with Crippen LogP contribution < -0.4 is 15.8 Å². The van der Waals surface area contributed by atoms with E-state index in [1.807, 2.05) is 37.3 Å². The Balaban J connectivity index is 2.13. The lowest BCUT2D eigenvalue weighted by Crippen LogP contribution is -2.05. The van der Waals surface area contributed by atoms with Crippen molar-refractivity contribution >= 4 is 11.4 Å². The van der Waals surface area contributed by atoms with Gasteiger partial charge in [-0.15, -0.1) is 0 Å². The first kappa shape index (κ1) is 11.4. The summed E-state index contributed by atoms with van der Waals surface area (Å²) in [5.74, 6) is 1.56. The van der Waals surface area contributed by atoms with Crippen LogP contribution in [0, 0.1) is 0 Å². The van der Waals surface area contributed by atoms with Crippen molar-refractivity contribution in [3.05, 3.63) is 42.4 Å². The number of methoxy groups -OCH3 is 1. The fourth-order valence-corrected chi connectivity index (χ4v) is 1.66. The van der Waals surface area contributed by atoms with E-state index < -0.39 is 0 Å². The fraction of sp³-hybridized carbons (Fsp3) is 0.231. The third kappa shape index (κ3) is 2.53. The zero-order chi connectivity index (χ0) is 12.3. The van der Waals surface area contributed by atoms with Crippen LogP contribution in [0.2, 0.25) is 0 Å². The van der Waals surface area contributed by atoms with Crippen LogP contribution >= 0.6 is 0 Å². The molecule has 1 aromatic heterocycles. The third-order valence-corrected chi connectivity index (χ3v) is 2.59. The van der Waals surface area contributed by atoms with Crippen LogP contribution in [0.3, 0.4) is 0 Å². The van der Waals surface area contributed by atoms with Crippen LogP contribution in [0.1, 0.15) is 18.7 Å². The summed E-state index contributed by atoms with van der Waals surface area (Å²) in [6, 6.07) is 9.50. The second kappa shape index (κ2) is 4.82. The minimum absolute atomic E-state index is 0.0957. The summed E-state index contributed by atoms with van der Waals surface area (Å²) >= 11 is 0. The molecule has 0 saturated heterocycles. The number of hydrogen-bond donors (Lipinski definition) is 2. The van der Waals surface area contributed by atoms with Gasteiger partial charge in [0.05, 0.1) is 25.1 Å². The second-order valence-electron chi connectivity index (χ2n) is 3.84. The van der Waals surface area contributed by atoms with Gasteiger partial charge in [-0.3, -0.25) is 0 Å². The summed E-state index contributed by atoms with van der Waals surface area (Å²) < 4.78 is 10.5. The van der Waals surface area contributed by atoms with Crippen molar-refractivity contribution < 1.29 is 9.15 Å². The highest BCUT2D eigenvalue weighted by molar-refractivity contribution is 5.61. The topological polar surface area (TPSA) is 60.4 Å². The van der Waals surface area contributed by atoms with Gasteiger partial charge in [-0.25, -0.2) is 0 Å². The molecule has 0 aliphatic heterocycles. The van der Waals surface area contributed by atoms with E-state index in [0.717, 1.165) is 11.4 Å². The molecule has 0 saturated carbocycles. The van der Waals surface area contributed by atoms with Crippen LogP contribution in [0.25, 0.3) is 0 Å². The number of nitrogens with two attached hydrogens (primary N) is 1. The Morgan fingerprint density at radius 2 is 2.18 bits per heavy atom. The van der Waals surface area contributed by atoms with Gasteiger partial charge in [-0.2, -0.15) is 0 Å². The summed E-state index contributed by atoms with van der Waals surface area (Å²) in [5, 5.41) is 3.32. The van der Waals surface area contributed by atoms with Gasteiger partial charge in [-0.05, 0) is 31.2 Å². The maximum atomic E-state index is 5.75. The second-order valence-corrected chi connectivity index (χ2v) is 3.84. The van der Waals surface area contributed by atoms with Crippen LogP contribution in [-0.2, 0) is 0 Å². The summed E-state index contributed by atoms with van der Waals surface area (Å²) in [5.41, 5.74) is 7.33. The zero-order valence-corrected chi connectivity index (χ0v) is 9.94. The standard InChI is InChI=1S/C13H16N2O2/c1-9(12-4-3-7-17-12)15-10-5-6-11(14)13(8-10)16-2/h3-9,15H,14H2,1-2H3. The lowest BCUT2D eigenvalue weighted by atomic mass is 10.2. The molecule has 90 valence electrons. The number of furan rings is 1. The van der Waals surface area contributed by atoms with Crippen LogP contribution in [-0.4, -0.2) is 7.11 Å². The number of anilines is 2. The van der Waals surface area contributed by atoms with Crippen LogP contribution in [0.4, 0.5) is 11.4 Å². The van der Waals surface area contributed by atoms with Gasteiger partial charge in [0.1, 0.15) is 11.5 Å². The summed E-state index contributed by atoms with van der Waals surface area (Å²) in [6.07, 6.45) is 1.66. The first-order valence-electron chi connectivity index (χ1n) is 5.44. The highest BCUT2D eigenvalue weighted by Crippen LogP contribution is 2.27. The van der Waals surface area contributed by atoms with Crippen LogP contribution in [0.15, 0.2) is 41.0 Å². The van der Waals surface area contributed by atoms with Gasteiger partial charge in [-0.1, -0.05) is 0 Å². The Morgan fingerprint density at radius 3 is 2.82 bits per heavy atom. The van der Waals surface area contributed by atoms with Crippen molar-refractivity contribution in [2.45, 2.75) is 13.0 Å². The Morgan fingerprint density at radius 1 is 1.35 bits per heavy atom. The van der Waals surface area contributed by atoms with Crippen molar-refractivity contribution in [1.82, 2.24) is 0 Å². The van der Waals surface area contributed by atoms with Gasteiger partial charge >= 0.3 is 0 Å². The Labute approximate surface area is 100 Å². The average molecular weight is 232 g/mol. The minimum atomic E-state index is 0.0957. The van der Waals surface area contributed by atoms with Crippen molar-refractivity contribution in [2.24, 2.45) is 0 Å². The molecule has 0 spiro atoms. The first-order chi connectivity index (χ1) is 8.20. The van der Waals surface area contributed by atoms with E-state index in [1.54, 1.807) is 13.4 Å². The van der Waals surface area contributed by atoms with Gasteiger partial charge in [0, 0.05) is 11.8 Å². The Bertz CT molecular complexity index is 480. The largest absolute Gasteiger partial charge is 0.495 e. The van der Waals surface area contributed by atoms with Crippen molar-refractivity contribution in [3.63, 3.8) is 0 Å². The van der Waals surface area contributed by atoms with Gasteiger partial charge in [0.2, 0.25) is 0 Å². The molecule has 1 heterocycles. The predicted molar refractivity (Wildman–Crippen MR) is 68.2 cm³/mol. The molecule has 0 bridgehead atoms. The predicted octanol–water partition coefficient (Wildman–Crippen LogP) is 3.04. The highest BCUT2D eigenvalue weighted by atomic mass is 16.5. The summed E-state index contributed by atoms with van der Waals surface area (Å²) in [4.78, 5) is 0. The average Bonchev–Trinajstić information content (AvgIpc) is 2.85. The van der Waals surface area contributed by atoms with E-state index in [-0.39, 0.29) is 6.04 Å². The number of rotatable bonds is 4. The molecule has 2 rings (SSSR count). The van der Waals surface area contributed by atoms with Crippen molar-refractivity contribution in [2.75, 3.05) is 18.2 Å². The quantitative estimate of drug-likeness (QED) is 0.795. The number of nitrogen functional groups attached to an aromatic ring is 1. The Kier molecular flexibility index (Phi) is 3.23. The van der Waals surface area contributed by atoms with Crippen molar-refractivity contribution in [3.8, 4) is 5.75 Å². The molecule has 17 heavy (non-hydrogen) atoms. The van der Waals surface area contributed by atoms with E-state index in [0.29, 0.717) is 11.4 Å². The molecule has 0 aliphatic rings. The van der Waals surface area contributed by atoms with Crippen LogP contribution in [0.5, 0.6) is 5.75 Å². The van der Waals surface area contributed by atoms with E-state index in [1.165, 1.54) is 0 Å². The molecular weight excluding hydrogens is 216 g/mol. The van der Waals surface area contributed by atoms with Gasteiger partial charge < -0.3 is 20.2 Å². The smallest absolute Gasteiger partial charge is 0.143 e. The van der Waals surface area contributed by atoms with E-state index in [2.05, 4.69) is 5.32 Å². The lowest BCUT2D eigenvalue weighted by Gasteiger charge is -2.14. The molecule has 4 nitrogen and oxygen atoms in total. The fourth-order valence-electron chi connectivity index (χ4n) is 1.66. The normalized spacial score (nSPS) is 12.1. The maximum absolute atomic E-state index is 5.75. The lowest BCUT2D eigenvalue weighted by molar-refractivity contribution is 0.417. The molecule has 0 radical (unpaired) electrons. The molecule has 0 amide bonds. The number of hydrogen-bond acceptors (Lipinski definition) is 4. The molecule has 4 heteroatoms. The molecule has 1 unspecified atom stereocenters. The number of ether oxygens (including phenoxy) is 1. The van der Waals surface area contributed by atoms with Gasteiger partial charge in [0.25, 0.3) is 0 Å². The molecule has 2 aromatic rings. The highest BCUT2D eigenvalue weighted by Gasteiger charge is 2.08. The van der Waals surface area contributed by atoms with E-state index in [9.17, 15) is 0 Å². The molecule has 0 fully saturated rings. The Hall–Kier alpha value is -2.10. The summed E-state index contributed by atoms with van der Waals surface area (Å²) in [7, 11) is 1.60. The molecule has 0 aliphatic carbocycles. The van der Waals surface area contributed by atoms with Gasteiger partial charge in [0.15, 0.2) is 0 Å². The SMILES string of the molecule is COc1cc(NC(C)c2ccco2)ccc1N. The maximum Gasteiger partial charge on any atom is 0.143 e. The third-order valence-electron chi connectivity index (χ3n) is 2.59. The number of benzene rings is 1. The zero-order valence-electron chi connectivity index (χ0n) is 9.94. The van der Waals surface area contributed by atoms with Crippen molar-refractivity contribution in [1.29, 1.82) is 0 Å². The molecule has 1 aromatic carbocycles. The molecular formula is C13H16N2O2. The van der Waals surface area contributed by atoms with E-state index >= 15 is 0 Å². The molecule has 1 atom stereocenters. The summed E-state index contributed by atoms with van der Waals surface area (Å²) in [6.45, 7) is 2.03. The van der Waals surface area contributed by atoms with E-state index in [4.69, 9.17) is 14.9 Å². The minimum Gasteiger partial charge on any atom is -0.495 e. The first-order valence-corrected chi connectivity index (χ1v) is 5.44. The monoisotopic (exact) mass is 232 g/mol.